The zero-order valence-corrected chi connectivity index (χ0v) is 15.4. The van der Waals surface area contributed by atoms with Crippen molar-refractivity contribution in [3.63, 3.8) is 0 Å². The summed E-state index contributed by atoms with van der Waals surface area (Å²) in [7, 11) is 0. The average molecular weight is 360 g/mol. The molecule has 2 aromatic carbocycles. The molecule has 2 aromatic rings. The van der Waals surface area contributed by atoms with Gasteiger partial charge in [-0.1, -0.05) is 43.3 Å². The summed E-state index contributed by atoms with van der Waals surface area (Å²) in [5.74, 6) is 0.298. The summed E-state index contributed by atoms with van der Waals surface area (Å²) < 4.78 is 0. The molecule has 1 fully saturated rings. The van der Waals surface area contributed by atoms with E-state index < -0.39 is 0 Å². The molecule has 134 valence electrons. The Morgan fingerprint density at radius 1 is 1.16 bits per heavy atom. The molecule has 1 aliphatic carbocycles. The largest absolute Gasteiger partial charge is 0.508 e. The maximum absolute atomic E-state index is 11.0. The summed E-state index contributed by atoms with van der Waals surface area (Å²) >= 11 is 0. The lowest BCUT2D eigenvalue weighted by Gasteiger charge is -2.53. The molecule has 2 N–H and O–H groups in total. The van der Waals surface area contributed by atoms with Gasteiger partial charge < -0.3 is 10.2 Å². The Morgan fingerprint density at radius 3 is 2.68 bits per heavy atom. The molecular formula is C21H26ClNO2. The lowest BCUT2D eigenvalue weighted by molar-refractivity contribution is -0.0505. The number of nitrogens with zero attached hydrogens (tertiary/aromatic N) is 1. The topological polar surface area (TPSA) is 43.7 Å². The molecule has 0 saturated carbocycles. The lowest BCUT2D eigenvalue weighted by atomic mass is 9.63. The van der Waals surface area contributed by atoms with E-state index in [1.165, 1.54) is 11.1 Å². The Bertz CT molecular complexity index is 736. The number of benzene rings is 2. The summed E-state index contributed by atoms with van der Waals surface area (Å²) in [4.78, 5) is 2.45. The van der Waals surface area contributed by atoms with Crippen LogP contribution >= 0.6 is 12.4 Å². The van der Waals surface area contributed by atoms with Gasteiger partial charge in [0.25, 0.3) is 0 Å². The van der Waals surface area contributed by atoms with E-state index in [-0.39, 0.29) is 30.0 Å². The van der Waals surface area contributed by atoms with Crippen LogP contribution in [0.15, 0.2) is 48.5 Å². The third kappa shape index (κ3) is 3.17. The number of aliphatic hydroxyl groups excluding tert-OH is 1. The Kier molecular flexibility index (Phi) is 5.10. The molecule has 3 nitrogen and oxygen atoms in total. The van der Waals surface area contributed by atoms with Gasteiger partial charge in [-0.15, -0.1) is 12.4 Å². The van der Waals surface area contributed by atoms with Gasteiger partial charge in [0, 0.05) is 18.0 Å². The van der Waals surface area contributed by atoms with Gasteiger partial charge >= 0.3 is 0 Å². The van der Waals surface area contributed by atoms with Crippen LogP contribution in [0, 0.1) is 0 Å². The van der Waals surface area contributed by atoms with Crippen LogP contribution in [0.3, 0.4) is 0 Å². The number of fused-ring (bicyclic) bond motifs is 4. The van der Waals surface area contributed by atoms with Gasteiger partial charge in [0.1, 0.15) is 5.75 Å². The fourth-order valence-electron chi connectivity index (χ4n) is 4.54. The van der Waals surface area contributed by atoms with Crippen LogP contribution in [-0.2, 0) is 18.3 Å². The first-order valence-electron chi connectivity index (χ1n) is 8.86. The van der Waals surface area contributed by atoms with E-state index in [1.807, 2.05) is 18.2 Å². The SMILES string of the molecule is CC12CCN(CCc3ccccc3)C(Cc3ccc(O)cc31)C2O.Cl. The van der Waals surface area contributed by atoms with E-state index >= 15 is 0 Å². The molecule has 0 amide bonds. The summed E-state index contributed by atoms with van der Waals surface area (Å²) in [6.45, 7) is 4.13. The highest BCUT2D eigenvalue weighted by Crippen LogP contribution is 2.45. The molecule has 25 heavy (non-hydrogen) atoms. The highest BCUT2D eigenvalue weighted by Gasteiger charge is 2.49. The van der Waals surface area contributed by atoms with Crippen LogP contribution in [0.5, 0.6) is 5.75 Å². The number of phenols is 1. The molecular weight excluding hydrogens is 334 g/mol. The zero-order valence-electron chi connectivity index (χ0n) is 14.6. The fourth-order valence-corrected chi connectivity index (χ4v) is 4.54. The van der Waals surface area contributed by atoms with E-state index in [1.54, 1.807) is 6.07 Å². The zero-order chi connectivity index (χ0) is 16.7. The van der Waals surface area contributed by atoms with Crippen molar-refractivity contribution in [1.29, 1.82) is 0 Å². The standard InChI is InChI=1S/C21H25NO2.ClH/c1-21-10-12-22(11-9-15-5-3-2-4-6-15)19(20(21)24)13-16-7-8-17(23)14-18(16)21;/h2-8,14,19-20,23-24H,9-13H2,1H3;1H. The number of aliphatic hydroxyl groups is 1. The smallest absolute Gasteiger partial charge is 0.115 e. The Hall–Kier alpha value is -1.55. The first-order chi connectivity index (χ1) is 11.6. The van der Waals surface area contributed by atoms with Crippen molar-refractivity contribution in [3.05, 3.63) is 65.2 Å². The van der Waals surface area contributed by atoms with Gasteiger partial charge in [-0.2, -0.15) is 0 Å². The van der Waals surface area contributed by atoms with Gasteiger partial charge in [0.2, 0.25) is 0 Å². The number of likely N-dealkylation sites (tertiary alicyclic amines) is 1. The van der Waals surface area contributed by atoms with E-state index in [4.69, 9.17) is 0 Å². The maximum atomic E-state index is 11.0. The minimum Gasteiger partial charge on any atom is -0.508 e. The second-order valence-corrected chi connectivity index (χ2v) is 7.50. The first kappa shape index (κ1) is 18.2. The molecule has 1 saturated heterocycles. The molecule has 0 aromatic heterocycles. The number of piperidine rings is 1. The van der Waals surface area contributed by atoms with E-state index in [0.717, 1.165) is 37.9 Å². The van der Waals surface area contributed by atoms with Gasteiger partial charge in [-0.25, -0.2) is 0 Å². The molecule has 4 heteroatoms. The highest BCUT2D eigenvalue weighted by atomic mass is 35.5. The van der Waals surface area contributed by atoms with Crippen molar-refractivity contribution in [2.75, 3.05) is 13.1 Å². The third-order valence-electron chi connectivity index (χ3n) is 6.07. The number of halogens is 1. The predicted octanol–water partition coefficient (Wildman–Crippen LogP) is 3.31. The van der Waals surface area contributed by atoms with Crippen LogP contribution in [0.2, 0.25) is 0 Å². The summed E-state index contributed by atoms with van der Waals surface area (Å²) in [6.07, 6.45) is 2.43. The summed E-state index contributed by atoms with van der Waals surface area (Å²) in [6, 6.07) is 16.4. The van der Waals surface area contributed by atoms with E-state index in [0.29, 0.717) is 5.75 Å². The third-order valence-corrected chi connectivity index (χ3v) is 6.07. The Labute approximate surface area is 155 Å². The quantitative estimate of drug-likeness (QED) is 0.883. The minimum absolute atomic E-state index is 0. The normalized spacial score (nSPS) is 28.1. The Morgan fingerprint density at radius 2 is 1.92 bits per heavy atom. The monoisotopic (exact) mass is 359 g/mol. The second kappa shape index (κ2) is 6.99. The maximum Gasteiger partial charge on any atom is 0.115 e. The van der Waals surface area contributed by atoms with Crippen molar-refractivity contribution in [2.24, 2.45) is 0 Å². The molecule has 2 aliphatic rings. The first-order valence-corrected chi connectivity index (χ1v) is 8.86. The molecule has 0 radical (unpaired) electrons. The van der Waals surface area contributed by atoms with Gasteiger partial charge in [0.15, 0.2) is 0 Å². The predicted molar refractivity (Wildman–Crippen MR) is 103 cm³/mol. The molecule has 3 unspecified atom stereocenters. The van der Waals surface area contributed by atoms with Crippen LogP contribution in [0.1, 0.15) is 30.0 Å². The number of aromatic hydroxyl groups is 1. The van der Waals surface area contributed by atoms with Crippen LogP contribution in [0.4, 0.5) is 0 Å². The van der Waals surface area contributed by atoms with Gasteiger partial charge in [-0.3, -0.25) is 4.90 Å². The lowest BCUT2D eigenvalue weighted by Crippen LogP contribution is -2.62. The fraction of sp³-hybridized carbons (Fsp3) is 0.429. The van der Waals surface area contributed by atoms with Crippen LogP contribution in [-0.4, -0.2) is 40.3 Å². The van der Waals surface area contributed by atoms with Crippen molar-refractivity contribution in [3.8, 4) is 5.75 Å². The van der Waals surface area contributed by atoms with Gasteiger partial charge in [0.05, 0.1) is 6.10 Å². The number of hydrogen-bond donors (Lipinski definition) is 2. The van der Waals surface area contributed by atoms with Crippen molar-refractivity contribution < 1.29 is 10.2 Å². The summed E-state index contributed by atoms with van der Waals surface area (Å²) in [5.41, 5.74) is 3.51. The van der Waals surface area contributed by atoms with Crippen molar-refractivity contribution in [2.45, 2.75) is 43.7 Å². The van der Waals surface area contributed by atoms with Crippen molar-refractivity contribution >= 4 is 12.4 Å². The second-order valence-electron chi connectivity index (χ2n) is 7.50. The molecule has 0 spiro atoms. The molecule has 2 bridgehead atoms. The van der Waals surface area contributed by atoms with Crippen LogP contribution < -0.4 is 0 Å². The average Bonchev–Trinajstić information content (AvgIpc) is 2.59. The molecule has 1 heterocycles. The molecule has 3 atom stereocenters. The highest BCUT2D eigenvalue weighted by molar-refractivity contribution is 5.85. The molecule has 4 rings (SSSR count). The number of phenolic OH excluding ortho intramolecular Hbond substituents is 1. The number of hydrogen-bond acceptors (Lipinski definition) is 3. The summed E-state index contributed by atoms with van der Waals surface area (Å²) in [5, 5.41) is 20.9. The van der Waals surface area contributed by atoms with E-state index in [9.17, 15) is 10.2 Å². The number of rotatable bonds is 3. The molecule has 1 aliphatic heterocycles. The minimum atomic E-state index is -0.378. The van der Waals surface area contributed by atoms with Crippen LogP contribution in [0.25, 0.3) is 0 Å². The van der Waals surface area contributed by atoms with E-state index in [2.05, 4.69) is 36.1 Å². The Balaban J connectivity index is 0.00000182. The van der Waals surface area contributed by atoms with Gasteiger partial charge in [-0.05, 0) is 54.6 Å². The van der Waals surface area contributed by atoms with Crippen molar-refractivity contribution in [1.82, 2.24) is 4.90 Å².